The van der Waals surface area contributed by atoms with E-state index in [1.54, 1.807) is 0 Å². The Morgan fingerprint density at radius 1 is 1.35 bits per heavy atom. The maximum absolute atomic E-state index is 9.08. The molecule has 0 aromatic rings. The van der Waals surface area contributed by atoms with E-state index in [-0.39, 0.29) is 12.1 Å². The first-order valence-electron chi connectivity index (χ1n) is 7.08. The van der Waals surface area contributed by atoms with Crippen LogP contribution in [0.3, 0.4) is 0 Å². The van der Waals surface area contributed by atoms with Gasteiger partial charge in [0.1, 0.15) is 0 Å². The molecule has 1 atom stereocenters. The van der Waals surface area contributed by atoms with Gasteiger partial charge in [-0.3, -0.25) is 0 Å². The molecule has 1 aliphatic carbocycles. The fourth-order valence-electron chi connectivity index (χ4n) is 2.25. The molecule has 0 aromatic heterocycles. The van der Waals surface area contributed by atoms with Crippen LogP contribution in [0.25, 0.3) is 0 Å². The van der Waals surface area contributed by atoms with Gasteiger partial charge >= 0.3 is 0 Å². The van der Waals surface area contributed by atoms with Gasteiger partial charge < -0.3 is 15.7 Å². The van der Waals surface area contributed by atoms with E-state index in [2.05, 4.69) is 18.7 Å². The second kappa shape index (κ2) is 6.72. The molecule has 3 heteroatoms. The summed E-state index contributed by atoms with van der Waals surface area (Å²) >= 11 is 0. The highest BCUT2D eigenvalue weighted by atomic mass is 16.3. The highest BCUT2D eigenvalue weighted by Crippen LogP contribution is 2.28. The number of unbranched alkanes of at least 4 members (excludes halogenated alkanes) is 1. The van der Waals surface area contributed by atoms with Crippen molar-refractivity contribution in [2.45, 2.75) is 64.5 Å². The third kappa shape index (κ3) is 6.39. The Balaban J connectivity index is 2.14. The Morgan fingerprint density at radius 3 is 2.47 bits per heavy atom. The van der Waals surface area contributed by atoms with Crippen LogP contribution in [0.5, 0.6) is 0 Å². The van der Waals surface area contributed by atoms with Gasteiger partial charge in [0.2, 0.25) is 0 Å². The van der Waals surface area contributed by atoms with Gasteiger partial charge in [0.25, 0.3) is 0 Å². The van der Waals surface area contributed by atoms with Crippen LogP contribution in [0, 0.1) is 5.92 Å². The molecule has 3 nitrogen and oxygen atoms in total. The lowest BCUT2D eigenvalue weighted by atomic mass is 9.97. The minimum atomic E-state index is -0.386. The Bertz CT molecular complexity index is 212. The normalized spacial score (nSPS) is 19.9. The number of aliphatic hydroxyl groups is 1. The number of hydrogen-bond donors (Lipinski definition) is 2. The Labute approximate surface area is 106 Å². The zero-order chi connectivity index (χ0) is 12.9. The molecule has 0 radical (unpaired) electrons. The Kier molecular flexibility index (Phi) is 5.90. The predicted octanol–water partition coefficient (Wildman–Crippen LogP) is 1.99. The summed E-state index contributed by atoms with van der Waals surface area (Å²) in [6.45, 7) is 9.02. The van der Waals surface area contributed by atoms with Crippen LogP contribution >= 0.6 is 0 Å². The van der Waals surface area contributed by atoms with E-state index in [0.717, 1.165) is 24.8 Å². The molecular weight excluding hydrogens is 212 g/mol. The lowest BCUT2D eigenvalue weighted by Crippen LogP contribution is -2.40. The molecule has 0 aromatic carbocycles. The standard InChI is InChI=1S/C14H30N2O/c1-12(2)10-16(13-6-7-13)9-5-4-8-14(3,15)11-17/h12-13,17H,4-11,15H2,1-3H3. The maximum atomic E-state index is 9.08. The van der Waals surface area contributed by atoms with Crippen molar-refractivity contribution in [3.63, 3.8) is 0 Å². The summed E-state index contributed by atoms with van der Waals surface area (Å²) in [6, 6.07) is 0.861. The van der Waals surface area contributed by atoms with Crippen molar-refractivity contribution in [1.82, 2.24) is 4.90 Å². The van der Waals surface area contributed by atoms with Crippen LogP contribution in [-0.4, -0.2) is 41.3 Å². The monoisotopic (exact) mass is 242 g/mol. The average molecular weight is 242 g/mol. The van der Waals surface area contributed by atoms with Gasteiger partial charge in [0.15, 0.2) is 0 Å². The maximum Gasteiger partial charge on any atom is 0.0608 e. The molecule has 0 spiro atoms. The van der Waals surface area contributed by atoms with E-state index in [4.69, 9.17) is 10.8 Å². The van der Waals surface area contributed by atoms with E-state index >= 15 is 0 Å². The van der Waals surface area contributed by atoms with Gasteiger partial charge in [-0.25, -0.2) is 0 Å². The average Bonchev–Trinajstić information content (AvgIpc) is 3.06. The highest BCUT2D eigenvalue weighted by molar-refractivity contribution is 4.85. The SMILES string of the molecule is CC(C)CN(CCCCC(C)(N)CO)C1CC1. The summed E-state index contributed by atoms with van der Waals surface area (Å²) in [6.07, 6.45) is 6.02. The minimum Gasteiger partial charge on any atom is -0.394 e. The molecule has 0 bridgehead atoms. The van der Waals surface area contributed by atoms with E-state index in [0.29, 0.717) is 0 Å². The Hall–Kier alpha value is -0.120. The smallest absolute Gasteiger partial charge is 0.0608 e. The summed E-state index contributed by atoms with van der Waals surface area (Å²) < 4.78 is 0. The molecule has 3 N–H and O–H groups in total. The van der Waals surface area contributed by atoms with Crippen molar-refractivity contribution < 1.29 is 5.11 Å². The van der Waals surface area contributed by atoms with E-state index in [1.165, 1.54) is 32.4 Å². The van der Waals surface area contributed by atoms with Crippen molar-refractivity contribution in [3.05, 3.63) is 0 Å². The third-order valence-electron chi connectivity index (χ3n) is 3.47. The number of aliphatic hydroxyl groups excluding tert-OH is 1. The highest BCUT2D eigenvalue weighted by Gasteiger charge is 2.28. The van der Waals surface area contributed by atoms with Crippen molar-refractivity contribution in [1.29, 1.82) is 0 Å². The molecule has 0 heterocycles. The van der Waals surface area contributed by atoms with Crippen LogP contribution in [0.15, 0.2) is 0 Å². The molecule has 1 fully saturated rings. The topological polar surface area (TPSA) is 49.5 Å². The van der Waals surface area contributed by atoms with Crippen LogP contribution in [0.1, 0.15) is 52.9 Å². The molecular formula is C14H30N2O. The second-order valence-electron chi connectivity index (χ2n) is 6.39. The number of rotatable bonds is 9. The lowest BCUT2D eigenvalue weighted by Gasteiger charge is -2.25. The van der Waals surface area contributed by atoms with Gasteiger partial charge in [-0.1, -0.05) is 20.3 Å². The molecule has 1 unspecified atom stereocenters. The molecule has 17 heavy (non-hydrogen) atoms. The predicted molar refractivity (Wildman–Crippen MR) is 73.0 cm³/mol. The van der Waals surface area contributed by atoms with Crippen molar-refractivity contribution in [3.8, 4) is 0 Å². The van der Waals surface area contributed by atoms with Crippen LogP contribution in [-0.2, 0) is 0 Å². The summed E-state index contributed by atoms with van der Waals surface area (Å²) in [4.78, 5) is 2.64. The first kappa shape index (κ1) is 14.9. The van der Waals surface area contributed by atoms with Crippen LogP contribution < -0.4 is 5.73 Å². The first-order valence-corrected chi connectivity index (χ1v) is 7.08. The van der Waals surface area contributed by atoms with Crippen LogP contribution in [0.4, 0.5) is 0 Å². The number of hydrogen-bond acceptors (Lipinski definition) is 3. The molecule has 0 aliphatic heterocycles. The number of nitrogens with two attached hydrogens (primary N) is 1. The zero-order valence-electron chi connectivity index (χ0n) is 11.8. The van der Waals surface area contributed by atoms with Crippen molar-refractivity contribution in [2.24, 2.45) is 11.7 Å². The van der Waals surface area contributed by atoms with E-state index in [9.17, 15) is 0 Å². The second-order valence-corrected chi connectivity index (χ2v) is 6.39. The molecule has 1 aliphatic rings. The minimum absolute atomic E-state index is 0.0886. The van der Waals surface area contributed by atoms with E-state index < -0.39 is 0 Å². The third-order valence-corrected chi connectivity index (χ3v) is 3.47. The van der Waals surface area contributed by atoms with Gasteiger partial charge in [-0.2, -0.15) is 0 Å². The van der Waals surface area contributed by atoms with Crippen molar-refractivity contribution in [2.75, 3.05) is 19.7 Å². The van der Waals surface area contributed by atoms with Crippen molar-refractivity contribution >= 4 is 0 Å². The zero-order valence-corrected chi connectivity index (χ0v) is 11.8. The van der Waals surface area contributed by atoms with Gasteiger partial charge in [0.05, 0.1) is 6.61 Å². The van der Waals surface area contributed by atoms with Gasteiger partial charge in [-0.05, 0) is 45.1 Å². The summed E-state index contributed by atoms with van der Waals surface area (Å²) in [7, 11) is 0. The summed E-state index contributed by atoms with van der Waals surface area (Å²) in [5, 5.41) is 9.08. The fraction of sp³-hybridized carbons (Fsp3) is 1.00. The largest absolute Gasteiger partial charge is 0.394 e. The van der Waals surface area contributed by atoms with Gasteiger partial charge in [0, 0.05) is 18.1 Å². The van der Waals surface area contributed by atoms with Gasteiger partial charge in [-0.15, -0.1) is 0 Å². The quantitative estimate of drug-likeness (QED) is 0.608. The molecule has 0 saturated heterocycles. The molecule has 1 saturated carbocycles. The number of nitrogens with zero attached hydrogens (tertiary/aromatic N) is 1. The molecule has 0 amide bonds. The molecule has 102 valence electrons. The Morgan fingerprint density at radius 2 is 2.00 bits per heavy atom. The van der Waals surface area contributed by atoms with E-state index in [1.807, 2.05) is 6.92 Å². The first-order chi connectivity index (χ1) is 7.94. The fourth-order valence-corrected chi connectivity index (χ4v) is 2.25. The summed E-state index contributed by atoms with van der Waals surface area (Å²) in [5.74, 6) is 0.757. The molecule has 1 rings (SSSR count). The summed E-state index contributed by atoms with van der Waals surface area (Å²) in [5.41, 5.74) is 5.54. The lowest BCUT2D eigenvalue weighted by molar-refractivity contribution is 0.190. The van der Waals surface area contributed by atoms with Crippen LogP contribution in [0.2, 0.25) is 0 Å².